The van der Waals surface area contributed by atoms with Gasteiger partial charge in [-0.3, -0.25) is 0 Å². The maximum atomic E-state index is 10.5. The summed E-state index contributed by atoms with van der Waals surface area (Å²) in [5.41, 5.74) is 0.176. The zero-order chi connectivity index (χ0) is 13.0. The molecule has 0 bridgehead atoms. The number of rotatable bonds is 5. The van der Waals surface area contributed by atoms with Crippen molar-refractivity contribution in [3.05, 3.63) is 12.2 Å². The molecule has 1 N–H and O–H groups in total. The molecule has 0 atom stereocenters. The van der Waals surface area contributed by atoms with Crippen molar-refractivity contribution in [1.82, 2.24) is 0 Å². The SMILES string of the molecule is C=C(C)C(=O)O.CCCOC(=O)OCCC. The van der Waals surface area contributed by atoms with Crippen molar-refractivity contribution >= 4 is 12.1 Å². The van der Waals surface area contributed by atoms with Gasteiger partial charge in [-0.1, -0.05) is 20.4 Å². The number of carbonyl (C=O) groups is 2. The van der Waals surface area contributed by atoms with Crippen molar-refractivity contribution in [3.63, 3.8) is 0 Å². The predicted octanol–water partition coefficient (Wildman–Crippen LogP) is 2.61. The van der Waals surface area contributed by atoms with Crippen LogP contribution in [0.15, 0.2) is 12.2 Å². The zero-order valence-electron chi connectivity index (χ0n) is 10.1. The van der Waals surface area contributed by atoms with Crippen LogP contribution in [0.3, 0.4) is 0 Å². The highest BCUT2D eigenvalue weighted by atomic mass is 16.7. The Morgan fingerprint density at radius 1 is 1.12 bits per heavy atom. The molecule has 0 radical (unpaired) electrons. The maximum absolute atomic E-state index is 10.5. The maximum Gasteiger partial charge on any atom is 0.508 e. The lowest BCUT2D eigenvalue weighted by Crippen LogP contribution is -2.08. The molecular formula is C11H20O5. The Bertz CT molecular complexity index is 200. The highest BCUT2D eigenvalue weighted by molar-refractivity contribution is 5.84. The van der Waals surface area contributed by atoms with Gasteiger partial charge in [0, 0.05) is 5.57 Å². The van der Waals surface area contributed by atoms with Crippen molar-refractivity contribution < 1.29 is 24.2 Å². The van der Waals surface area contributed by atoms with Gasteiger partial charge in [0.2, 0.25) is 0 Å². The van der Waals surface area contributed by atoms with Crippen molar-refractivity contribution in [2.45, 2.75) is 33.6 Å². The van der Waals surface area contributed by atoms with Gasteiger partial charge in [-0.2, -0.15) is 0 Å². The van der Waals surface area contributed by atoms with E-state index in [-0.39, 0.29) is 5.57 Å². The van der Waals surface area contributed by atoms with E-state index in [1.54, 1.807) is 0 Å². The Morgan fingerprint density at radius 3 is 1.62 bits per heavy atom. The molecule has 0 aliphatic carbocycles. The molecule has 5 heteroatoms. The molecule has 16 heavy (non-hydrogen) atoms. The first kappa shape index (κ1) is 16.9. The third kappa shape index (κ3) is 15.0. The Morgan fingerprint density at radius 2 is 1.44 bits per heavy atom. The van der Waals surface area contributed by atoms with Gasteiger partial charge in [0.25, 0.3) is 0 Å². The van der Waals surface area contributed by atoms with Crippen LogP contribution in [-0.4, -0.2) is 30.4 Å². The quantitative estimate of drug-likeness (QED) is 0.582. The van der Waals surface area contributed by atoms with E-state index in [0.29, 0.717) is 13.2 Å². The molecule has 0 aromatic heterocycles. The van der Waals surface area contributed by atoms with Crippen LogP contribution in [0, 0.1) is 0 Å². The molecule has 0 rings (SSSR count). The number of hydrogen-bond acceptors (Lipinski definition) is 4. The van der Waals surface area contributed by atoms with Crippen LogP contribution in [-0.2, 0) is 14.3 Å². The molecule has 0 spiro atoms. The van der Waals surface area contributed by atoms with E-state index in [9.17, 15) is 9.59 Å². The molecule has 0 saturated heterocycles. The largest absolute Gasteiger partial charge is 0.508 e. The van der Waals surface area contributed by atoms with Gasteiger partial charge in [0.05, 0.1) is 13.2 Å². The summed E-state index contributed by atoms with van der Waals surface area (Å²) in [6, 6.07) is 0. The van der Waals surface area contributed by atoms with E-state index in [4.69, 9.17) is 5.11 Å². The fourth-order valence-electron chi connectivity index (χ4n) is 0.412. The van der Waals surface area contributed by atoms with Crippen LogP contribution in [0.4, 0.5) is 4.79 Å². The Labute approximate surface area is 96.0 Å². The van der Waals surface area contributed by atoms with Gasteiger partial charge >= 0.3 is 12.1 Å². The average Bonchev–Trinajstić information content (AvgIpc) is 2.24. The standard InChI is InChI=1S/C7H14O3.C4H6O2/c1-3-5-9-7(8)10-6-4-2;1-3(2)4(5)6/h3-6H2,1-2H3;1H2,2H3,(H,5,6). The highest BCUT2D eigenvalue weighted by Crippen LogP contribution is 1.88. The normalized spacial score (nSPS) is 8.44. The third-order valence-corrected chi connectivity index (χ3v) is 1.21. The first-order valence-electron chi connectivity index (χ1n) is 5.14. The monoisotopic (exact) mass is 232 g/mol. The van der Waals surface area contributed by atoms with E-state index >= 15 is 0 Å². The van der Waals surface area contributed by atoms with Crippen molar-refractivity contribution in [2.75, 3.05) is 13.2 Å². The van der Waals surface area contributed by atoms with Crippen LogP contribution in [0.1, 0.15) is 33.6 Å². The van der Waals surface area contributed by atoms with Crippen molar-refractivity contribution in [1.29, 1.82) is 0 Å². The van der Waals surface area contributed by atoms with Gasteiger partial charge in [0.15, 0.2) is 0 Å². The molecule has 5 nitrogen and oxygen atoms in total. The van der Waals surface area contributed by atoms with Crippen molar-refractivity contribution in [3.8, 4) is 0 Å². The second-order valence-corrected chi connectivity index (χ2v) is 3.03. The lowest BCUT2D eigenvalue weighted by Gasteiger charge is -2.02. The lowest BCUT2D eigenvalue weighted by molar-refractivity contribution is -0.132. The van der Waals surface area contributed by atoms with Crippen molar-refractivity contribution in [2.24, 2.45) is 0 Å². The Balaban J connectivity index is 0. The summed E-state index contributed by atoms with van der Waals surface area (Å²) in [5.74, 6) is -0.935. The minimum Gasteiger partial charge on any atom is -0.478 e. The summed E-state index contributed by atoms with van der Waals surface area (Å²) < 4.78 is 9.26. The van der Waals surface area contributed by atoms with Gasteiger partial charge in [-0.05, 0) is 19.8 Å². The fraction of sp³-hybridized carbons (Fsp3) is 0.636. The molecule has 0 aliphatic heterocycles. The Kier molecular flexibility index (Phi) is 12.2. The molecule has 0 aromatic carbocycles. The molecule has 0 heterocycles. The fourth-order valence-corrected chi connectivity index (χ4v) is 0.412. The summed E-state index contributed by atoms with van der Waals surface area (Å²) in [7, 11) is 0. The average molecular weight is 232 g/mol. The Hall–Kier alpha value is -1.52. The predicted molar refractivity (Wildman–Crippen MR) is 60.3 cm³/mol. The first-order valence-corrected chi connectivity index (χ1v) is 5.14. The number of carboxylic acid groups (broad SMARTS) is 1. The highest BCUT2D eigenvalue weighted by Gasteiger charge is 1.99. The second-order valence-electron chi connectivity index (χ2n) is 3.03. The van der Waals surface area contributed by atoms with E-state index in [1.165, 1.54) is 6.92 Å². The third-order valence-electron chi connectivity index (χ3n) is 1.21. The van der Waals surface area contributed by atoms with E-state index in [1.807, 2.05) is 13.8 Å². The van der Waals surface area contributed by atoms with Gasteiger partial charge in [-0.25, -0.2) is 9.59 Å². The summed E-state index contributed by atoms with van der Waals surface area (Å²) in [6.45, 7) is 9.37. The van der Waals surface area contributed by atoms with E-state index in [2.05, 4.69) is 16.1 Å². The lowest BCUT2D eigenvalue weighted by atomic mass is 10.4. The zero-order valence-corrected chi connectivity index (χ0v) is 10.1. The molecule has 0 aromatic rings. The van der Waals surface area contributed by atoms with E-state index < -0.39 is 12.1 Å². The van der Waals surface area contributed by atoms with E-state index in [0.717, 1.165) is 12.8 Å². The summed E-state index contributed by atoms with van der Waals surface area (Å²) in [6.07, 6.45) is 1.12. The molecule has 0 aliphatic rings. The smallest absolute Gasteiger partial charge is 0.478 e. The van der Waals surface area contributed by atoms with Crippen LogP contribution in [0.5, 0.6) is 0 Å². The topological polar surface area (TPSA) is 72.8 Å². The molecule has 0 saturated carbocycles. The first-order chi connectivity index (χ1) is 7.45. The number of carbonyl (C=O) groups excluding carboxylic acids is 1. The number of carboxylic acids is 1. The van der Waals surface area contributed by atoms with Crippen LogP contribution < -0.4 is 0 Å². The summed E-state index contributed by atoms with van der Waals surface area (Å²) in [5, 5.41) is 7.89. The van der Waals surface area contributed by atoms with Gasteiger partial charge < -0.3 is 14.6 Å². The van der Waals surface area contributed by atoms with Gasteiger partial charge in [-0.15, -0.1) is 0 Å². The minimum absolute atomic E-state index is 0.176. The van der Waals surface area contributed by atoms with Crippen LogP contribution >= 0.6 is 0 Å². The number of aliphatic carboxylic acids is 1. The van der Waals surface area contributed by atoms with Crippen LogP contribution in [0.2, 0.25) is 0 Å². The second kappa shape index (κ2) is 11.6. The van der Waals surface area contributed by atoms with Crippen LogP contribution in [0.25, 0.3) is 0 Å². The molecule has 0 unspecified atom stereocenters. The summed E-state index contributed by atoms with van der Waals surface area (Å²) in [4.78, 5) is 20.1. The minimum atomic E-state index is -0.935. The molecule has 0 fully saturated rings. The molecular weight excluding hydrogens is 212 g/mol. The van der Waals surface area contributed by atoms with Gasteiger partial charge in [0.1, 0.15) is 0 Å². The molecule has 94 valence electrons. The summed E-state index contributed by atoms with van der Waals surface area (Å²) >= 11 is 0. The number of ether oxygens (including phenoxy) is 2. The molecule has 0 amide bonds. The number of hydrogen-bond donors (Lipinski definition) is 1.